The number of fused-ring (bicyclic) bond motifs is 1. The Hall–Kier alpha value is -3.40. The largest absolute Gasteiger partial charge is 0.351 e. The zero-order chi connectivity index (χ0) is 17.2. The van der Waals surface area contributed by atoms with Gasteiger partial charge in [-0.3, -0.25) is 4.79 Å². The van der Waals surface area contributed by atoms with Gasteiger partial charge in [0, 0.05) is 17.8 Å². The van der Waals surface area contributed by atoms with E-state index in [0.717, 1.165) is 16.7 Å². The lowest BCUT2D eigenvalue weighted by Crippen LogP contribution is -2.27. The summed E-state index contributed by atoms with van der Waals surface area (Å²) in [5, 5.41) is 1.32. The highest BCUT2D eigenvalue weighted by atomic mass is 16.7. The summed E-state index contributed by atoms with van der Waals surface area (Å²) < 4.78 is 0. The maximum atomic E-state index is 12.9. The molecule has 0 fully saturated rings. The molecule has 0 N–H and O–H groups in total. The molecule has 122 valence electrons. The van der Waals surface area contributed by atoms with Crippen LogP contribution in [0.5, 0.6) is 5.88 Å². The molecular formula is C21H16N2O2. The number of hydrogen-bond acceptors (Lipinski definition) is 3. The summed E-state index contributed by atoms with van der Waals surface area (Å²) in [7, 11) is 0. The van der Waals surface area contributed by atoms with Crippen molar-refractivity contribution in [2.75, 3.05) is 0 Å². The zero-order valence-electron chi connectivity index (χ0n) is 13.7. The number of carbonyl (C=O) groups is 1. The SMILES string of the molecule is Cc1ccc2c(c1)C(=O)N(Oc1ccccn1)/C2=C\c1ccccc1. The summed E-state index contributed by atoms with van der Waals surface area (Å²) in [5.41, 5.74) is 4.23. The minimum absolute atomic E-state index is 0.188. The monoisotopic (exact) mass is 328 g/mol. The van der Waals surface area contributed by atoms with E-state index in [4.69, 9.17) is 4.84 Å². The molecule has 4 rings (SSSR count). The fraction of sp³-hybridized carbons (Fsp3) is 0.0476. The lowest BCUT2D eigenvalue weighted by molar-refractivity contribution is 0.0107. The standard InChI is InChI=1S/C21H16N2O2/c1-15-10-11-17-18(13-15)21(24)23(25-20-9-5-6-12-22-20)19(17)14-16-7-3-2-4-8-16/h2-14H,1H3/b19-14-. The van der Waals surface area contributed by atoms with Crippen LogP contribution in [0.25, 0.3) is 11.8 Å². The molecule has 1 amide bonds. The van der Waals surface area contributed by atoms with E-state index >= 15 is 0 Å². The number of hydrogen-bond donors (Lipinski definition) is 0. The molecule has 4 nitrogen and oxygen atoms in total. The molecule has 0 bridgehead atoms. The van der Waals surface area contributed by atoms with Gasteiger partial charge in [0.15, 0.2) is 0 Å². The van der Waals surface area contributed by atoms with E-state index in [0.29, 0.717) is 17.1 Å². The number of aryl methyl sites for hydroxylation is 1. The fourth-order valence-corrected chi connectivity index (χ4v) is 2.82. The van der Waals surface area contributed by atoms with Gasteiger partial charge in [-0.1, -0.05) is 54.1 Å². The van der Waals surface area contributed by atoms with Crippen molar-refractivity contribution in [1.82, 2.24) is 10.0 Å². The van der Waals surface area contributed by atoms with Gasteiger partial charge >= 0.3 is 0 Å². The summed E-state index contributed by atoms with van der Waals surface area (Å²) in [5.74, 6) is 0.186. The molecule has 3 aromatic rings. The van der Waals surface area contributed by atoms with Crippen molar-refractivity contribution in [3.8, 4) is 5.88 Å². The van der Waals surface area contributed by atoms with Crippen LogP contribution in [0.15, 0.2) is 72.9 Å². The first-order chi connectivity index (χ1) is 12.2. The molecule has 0 aliphatic carbocycles. The molecular weight excluding hydrogens is 312 g/mol. The van der Waals surface area contributed by atoms with E-state index in [1.165, 1.54) is 5.06 Å². The molecule has 2 heterocycles. The summed E-state index contributed by atoms with van der Waals surface area (Å²) in [6.45, 7) is 1.97. The lowest BCUT2D eigenvalue weighted by Gasteiger charge is -2.17. The quantitative estimate of drug-likeness (QED) is 0.718. The van der Waals surface area contributed by atoms with Crippen LogP contribution >= 0.6 is 0 Å². The van der Waals surface area contributed by atoms with Gasteiger partial charge in [-0.25, -0.2) is 4.98 Å². The zero-order valence-corrected chi connectivity index (χ0v) is 13.7. The minimum Gasteiger partial charge on any atom is -0.351 e. The summed E-state index contributed by atoms with van der Waals surface area (Å²) >= 11 is 0. The van der Waals surface area contributed by atoms with Crippen molar-refractivity contribution < 1.29 is 9.63 Å². The molecule has 0 atom stereocenters. The maximum Gasteiger partial charge on any atom is 0.292 e. The Morgan fingerprint density at radius 3 is 2.52 bits per heavy atom. The molecule has 0 spiro atoms. The Morgan fingerprint density at radius 1 is 0.960 bits per heavy atom. The number of amides is 1. The first-order valence-corrected chi connectivity index (χ1v) is 8.03. The van der Waals surface area contributed by atoms with Crippen molar-refractivity contribution in [3.05, 3.63) is 95.2 Å². The number of aromatic nitrogens is 1. The summed E-state index contributed by atoms with van der Waals surface area (Å²) in [4.78, 5) is 22.8. The Kier molecular flexibility index (Phi) is 3.78. The van der Waals surface area contributed by atoms with Crippen LogP contribution in [0.1, 0.15) is 27.0 Å². The number of rotatable bonds is 3. The molecule has 1 aliphatic heterocycles. The minimum atomic E-state index is -0.188. The second-order valence-corrected chi connectivity index (χ2v) is 5.85. The lowest BCUT2D eigenvalue weighted by atomic mass is 10.0. The van der Waals surface area contributed by atoms with E-state index in [-0.39, 0.29) is 5.91 Å². The Balaban J connectivity index is 1.81. The average Bonchev–Trinajstić information content (AvgIpc) is 2.89. The van der Waals surface area contributed by atoms with Crippen LogP contribution in [0.2, 0.25) is 0 Å². The number of pyridine rings is 1. The van der Waals surface area contributed by atoms with Gasteiger partial charge in [-0.15, -0.1) is 5.06 Å². The topological polar surface area (TPSA) is 42.4 Å². The van der Waals surface area contributed by atoms with Gasteiger partial charge in [-0.2, -0.15) is 0 Å². The molecule has 1 aromatic heterocycles. The van der Waals surface area contributed by atoms with Crippen molar-refractivity contribution in [2.45, 2.75) is 6.92 Å². The van der Waals surface area contributed by atoms with Gasteiger partial charge in [0.05, 0.1) is 11.3 Å². The van der Waals surface area contributed by atoms with E-state index in [2.05, 4.69) is 4.98 Å². The van der Waals surface area contributed by atoms with Crippen LogP contribution in [0.4, 0.5) is 0 Å². The van der Waals surface area contributed by atoms with Gasteiger partial charge in [0.2, 0.25) is 5.88 Å². The molecule has 0 saturated carbocycles. The second-order valence-electron chi connectivity index (χ2n) is 5.85. The highest BCUT2D eigenvalue weighted by molar-refractivity contribution is 6.11. The van der Waals surface area contributed by atoms with Crippen molar-refractivity contribution in [2.24, 2.45) is 0 Å². The van der Waals surface area contributed by atoms with Crippen LogP contribution in [-0.2, 0) is 0 Å². The number of nitrogens with zero attached hydrogens (tertiary/aromatic N) is 2. The molecule has 1 aliphatic rings. The van der Waals surface area contributed by atoms with Crippen molar-refractivity contribution >= 4 is 17.7 Å². The predicted molar refractivity (Wildman–Crippen MR) is 96.5 cm³/mol. The molecule has 4 heteroatoms. The third kappa shape index (κ3) is 2.90. The van der Waals surface area contributed by atoms with Crippen molar-refractivity contribution in [1.29, 1.82) is 0 Å². The number of hydroxylamine groups is 2. The fourth-order valence-electron chi connectivity index (χ4n) is 2.82. The molecule has 25 heavy (non-hydrogen) atoms. The Morgan fingerprint density at radius 2 is 1.76 bits per heavy atom. The van der Waals surface area contributed by atoms with E-state index in [1.807, 2.05) is 67.6 Å². The highest BCUT2D eigenvalue weighted by Crippen LogP contribution is 2.35. The molecule has 0 unspecified atom stereocenters. The predicted octanol–water partition coefficient (Wildman–Crippen LogP) is 4.34. The second kappa shape index (κ2) is 6.24. The van der Waals surface area contributed by atoms with Crippen LogP contribution in [-0.4, -0.2) is 16.0 Å². The first kappa shape index (κ1) is 15.1. The van der Waals surface area contributed by atoms with Crippen LogP contribution in [0, 0.1) is 6.92 Å². The summed E-state index contributed by atoms with van der Waals surface area (Å²) in [6, 6.07) is 21.0. The number of benzene rings is 2. The highest BCUT2D eigenvalue weighted by Gasteiger charge is 2.34. The van der Waals surface area contributed by atoms with E-state index < -0.39 is 0 Å². The Labute approximate surface area is 146 Å². The third-order valence-corrected chi connectivity index (χ3v) is 4.01. The maximum absolute atomic E-state index is 12.9. The van der Waals surface area contributed by atoms with Gasteiger partial charge < -0.3 is 4.84 Å². The molecule has 0 saturated heterocycles. The van der Waals surface area contributed by atoms with Gasteiger partial charge in [0.1, 0.15) is 0 Å². The van der Waals surface area contributed by atoms with E-state index in [9.17, 15) is 4.79 Å². The van der Waals surface area contributed by atoms with Gasteiger partial charge in [0.25, 0.3) is 5.91 Å². The third-order valence-electron chi connectivity index (χ3n) is 4.01. The van der Waals surface area contributed by atoms with Crippen LogP contribution in [0.3, 0.4) is 0 Å². The molecule has 0 radical (unpaired) electrons. The van der Waals surface area contributed by atoms with E-state index in [1.54, 1.807) is 18.3 Å². The normalized spacial score (nSPS) is 14.7. The van der Waals surface area contributed by atoms with Crippen molar-refractivity contribution in [3.63, 3.8) is 0 Å². The van der Waals surface area contributed by atoms with Crippen LogP contribution < -0.4 is 4.84 Å². The summed E-state index contributed by atoms with van der Waals surface area (Å²) in [6.07, 6.45) is 3.58. The molecule has 2 aromatic carbocycles. The smallest absolute Gasteiger partial charge is 0.292 e. The Bertz CT molecular complexity index is 950. The number of carbonyl (C=O) groups excluding carboxylic acids is 1. The average molecular weight is 328 g/mol. The first-order valence-electron chi connectivity index (χ1n) is 8.03. The van der Waals surface area contributed by atoms with Gasteiger partial charge in [-0.05, 0) is 30.7 Å².